The number of ether oxygens (including phenoxy) is 1. The molecule has 1 aromatic rings. The minimum Gasteiger partial charge on any atom is -0.403 e. The van der Waals surface area contributed by atoms with E-state index in [1.807, 2.05) is 0 Å². The van der Waals surface area contributed by atoms with Gasteiger partial charge in [-0.2, -0.15) is 0 Å². The van der Waals surface area contributed by atoms with E-state index >= 15 is 0 Å². The van der Waals surface area contributed by atoms with Crippen molar-refractivity contribution in [2.45, 2.75) is 6.36 Å². The average molecular weight is 355 g/mol. The quantitative estimate of drug-likeness (QED) is 0.706. The topological polar surface area (TPSA) is 22.1 Å². The Kier molecular flexibility index (Phi) is 3.65. The lowest BCUT2D eigenvalue weighted by atomic mass is 10.4. The van der Waals surface area contributed by atoms with Gasteiger partial charge in [0.25, 0.3) is 0 Å². The standard InChI is InChI=1S/C6HBr2ClF3NO/c7-2-1-13-5(8)3(9)4(2)14-6(10,11)12/h1H. The van der Waals surface area contributed by atoms with Gasteiger partial charge in [0.05, 0.1) is 4.47 Å². The number of halogens is 6. The van der Waals surface area contributed by atoms with Gasteiger partial charge < -0.3 is 4.74 Å². The molecule has 0 bridgehead atoms. The molecule has 0 N–H and O–H groups in total. The molecule has 14 heavy (non-hydrogen) atoms. The summed E-state index contributed by atoms with van der Waals surface area (Å²) in [6.45, 7) is 0. The molecule has 1 aromatic heterocycles. The smallest absolute Gasteiger partial charge is 0.403 e. The third kappa shape index (κ3) is 2.99. The molecule has 0 radical (unpaired) electrons. The Morgan fingerprint density at radius 2 is 1.93 bits per heavy atom. The number of pyridine rings is 1. The first-order valence-corrected chi connectivity index (χ1v) is 5.03. The molecule has 0 aromatic carbocycles. The molecule has 0 fully saturated rings. The highest BCUT2D eigenvalue weighted by molar-refractivity contribution is 9.11. The van der Waals surface area contributed by atoms with Crippen LogP contribution in [-0.2, 0) is 0 Å². The first kappa shape index (κ1) is 12.1. The molecule has 0 saturated heterocycles. The second-order valence-corrected chi connectivity index (χ2v) is 4.07. The number of hydrogen-bond donors (Lipinski definition) is 0. The molecule has 78 valence electrons. The van der Waals surface area contributed by atoms with Crippen LogP contribution in [0.15, 0.2) is 15.3 Å². The van der Waals surface area contributed by atoms with Crippen molar-refractivity contribution in [2.24, 2.45) is 0 Å². The molecule has 1 heterocycles. The predicted molar refractivity (Wildman–Crippen MR) is 51.3 cm³/mol. The fourth-order valence-electron chi connectivity index (χ4n) is 0.636. The molecule has 0 saturated carbocycles. The largest absolute Gasteiger partial charge is 0.573 e. The fraction of sp³-hybridized carbons (Fsp3) is 0.167. The van der Waals surface area contributed by atoms with Crippen LogP contribution in [-0.4, -0.2) is 11.3 Å². The van der Waals surface area contributed by atoms with Crippen LogP contribution in [0.5, 0.6) is 5.75 Å². The van der Waals surface area contributed by atoms with Gasteiger partial charge in [0, 0.05) is 6.20 Å². The van der Waals surface area contributed by atoms with Gasteiger partial charge in [0.1, 0.15) is 9.63 Å². The number of rotatable bonds is 1. The summed E-state index contributed by atoms with van der Waals surface area (Å²) in [5.74, 6) is -0.513. The van der Waals surface area contributed by atoms with Gasteiger partial charge >= 0.3 is 6.36 Å². The Balaban J connectivity index is 3.13. The molecule has 0 aliphatic heterocycles. The third-order valence-corrected chi connectivity index (χ3v) is 2.85. The first-order valence-electron chi connectivity index (χ1n) is 3.06. The Morgan fingerprint density at radius 3 is 2.43 bits per heavy atom. The second-order valence-electron chi connectivity index (χ2n) is 2.09. The molecule has 0 aliphatic rings. The molecular formula is C6HBr2ClF3NO. The van der Waals surface area contributed by atoms with Crippen LogP contribution in [0, 0.1) is 0 Å². The SMILES string of the molecule is FC(F)(F)Oc1c(Br)cnc(Br)c1Cl. The number of nitrogens with zero attached hydrogens (tertiary/aromatic N) is 1. The monoisotopic (exact) mass is 353 g/mol. The highest BCUT2D eigenvalue weighted by Crippen LogP contribution is 2.39. The Labute approximate surface area is 98.7 Å². The summed E-state index contributed by atoms with van der Waals surface area (Å²) in [5, 5.41) is -0.239. The van der Waals surface area contributed by atoms with Gasteiger partial charge in [-0.25, -0.2) is 4.98 Å². The van der Waals surface area contributed by atoms with E-state index in [-0.39, 0.29) is 14.1 Å². The van der Waals surface area contributed by atoms with Crippen molar-refractivity contribution in [3.05, 3.63) is 20.3 Å². The van der Waals surface area contributed by atoms with Gasteiger partial charge in [0.15, 0.2) is 5.75 Å². The molecule has 1 rings (SSSR count). The molecule has 0 aliphatic carbocycles. The minimum absolute atomic E-state index is 0.0306. The predicted octanol–water partition coefficient (Wildman–Crippen LogP) is 4.16. The summed E-state index contributed by atoms with van der Waals surface area (Å²) in [6.07, 6.45) is -3.63. The summed E-state index contributed by atoms with van der Waals surface area (Å²) < 4.78 is 39.5. The van der Waals surface area contributed by atoms with E-state index in [0.717, 1.165) is 6.20 Å². The van der Waals surface area contributed by atoms with E-state index in [1.165, 1.54) is 0 Å². The zero-order valence-corrected chi connectivity index (χ0v) is 10.1. The van der Waals surface area contributed by atoms with E-state index in [2.05, 4.69) is 41.6 Å². The zero-order valence-electron chi connectivity index (χ0n) is 6.20. The Hall–Kier alpha value is -0.0100. The van der Waals surface area contributed by atoms with Gasteiger partial charge in [0.2, 0.25) is 0 Å². The lowest BCUT2D eigenvalue weighted by Crippen LogP contribution is -2.17. The van der Waals surface area contributed by atoms with Crippen LogP contribution in [0.2, 0.25) is 5.02 Å². The summed E-state index contributed by atoms with van der Waals surface area (Å²) in [5.41, 5.74) is 0. The third-order valence-electron chi connectivity index (χ3n) is 1.11. The van der Waals surface area contributed by atoms with E-state index in [9.17, 15) is 13.2 Å². The van der Waals surface area contributed by atoms with Gasteiger partial charge in [-0.3, -0.25) is 0 Å². The molecular weight excluding hydrogens is 354 g/mol. The average Bonchev–Trinajstić information content (AvgIpc) is 2.04. The van der Waals surface area contributed by atoms with Crippen LogP contribution in [0.25, 0.3) is 0 Å². The van der Waals surface area contributed by atoms with Crippen LogP contribution < -0.4 is 4.74 Å². The van der Waals surface area contributed by atoms with Crippen molar-refractivity contribution in [1.29, 1.82) is 0 Å². The number of hydrogen-bond acceptors (Lipinski definition) is 2. The van der Waals surface area contributed by atoms with Crippen LogP contribution >= 0.6 is 43.5 Å². The maximum atomic E-state index is 11.9. The summed E-state index contributed by atoms with van der Waals surface area (Å²) in [6, 6.07) is 0. The molecule has 0 amide bonds. The van der Waals surface area contributed by atoms with Crippen molar-refractivity contribution < 1.29 is 17.9 Å². The molecule has 0 atom stereocenters. The minimum atomic E-state index is -4.78. The lowest BCUT2D eigenvalue weighted by molar-refractivity contribution is -0.274. The van der Waals surface area contributed by atoms with Crippen molar-refractivity contribution >= 4 is 43.5 Å². The van der Waals surface area contributed by atoms with E-state index in [4.69, 9.17) is 11.6 Å². The van der Waals surface area contributed by atoms with Gasteiger partial charge in [-0.05, 0) is 31.9 Å². The van der Waals surface area contributed by atoms with E-state index in [0.29, 0.717) is 0 Å². The summed E-state index contributed by atoms with van der Waals surface area (Å²) >= 11 is 11.3. The second kappa shape index (κ2) is 4.24. The molecule has 0 unspecified atom stereocenters. The van der Waals surface area contributed by atoms with Gasteiger partial charge in [-0.1, -0.05) is 11.6 Å². The Bertz CT molecular complexity index is 358. The van der Waals surface area contributed by atoms with E-state index < -0.39 is 12.1 Å². The van der Waals surface area contributed by atoms with Crippen molar-refractivity contribution in [1.82, 2.24) is 4.98 Å². The highest BCUT2D eigenvalue weighted by Gasteiger charge is 2.33. The van der Waals surface area contributed by atoms with Crippen molar-refractivity contribution in [3.63, 3.8) is 0 Å². The maximum absolute atomic E-state index is 11.9. The van der Waals surface area contributed by atoms with Crippen LogP contribution in [0.1, 0.15) is 0 Å². The Morgan fingerprint density at radius 1 is 1.36 bits per heavy atom. The summed E-state index contributed by atoms with van der Waals surface area (Å²) in [4.78, 5) is 3.66. The number of aromatic nitrogens is 1. The van der Waals surface area contributed by atoms with Gasteiger partial charge in [-0.15, -0.1) is 13.2 Å². The zero-order chi connectivity index (χ0) is 10.9. The fourth-order valence-corrected chi connectivity index (χ4v) is 1.60. The lowest BCUT2D eigenvalue weighted by Gasteiger charge is -2.11. The highest BCUT2D eigenvalue weighted by atomic mass is 79.9. The van der Waals surface area contributed by atoms with Crippen LogP contribution in [0.4, 0.5) is 13.2 Å². The molecule has 0 spiro atoms. The maximum Gasteiger partial charge on any atom is 0.573 e. The summed E-state index contributed by atoms with van der Waals surface area (Å²) in [7, 11) is 0. The first-order chi connectivity index (χ1) is 6.31. The van der Waals surface area contributed by atoms with E-state index in [1.54, 1.807) is 0 Å². The number of alkyl halides is 3. The normalized spacial score (nSPS) is 11.6. The molecule has 8 heteroatoms. The van der Waals surface area contributed by atoms with Crippen molar-refractivity contribution in [3.8, 4) is 5.75 Å². The van der Waals surface area contributed by atoms with Crippen molar-refractivity contribution in [2.75, 3.05) is 0 Å². The van der Waals surface area contributed by atoms with Crippen LogP contribution in [0.3, 0.4) is 0 Å². The molecule has 2 nitrogen and oxygen atoms in total.